The van der Waals surface area contributed by atoms with Crippen LogP contribution in [0.1, 0.15) is 12.0 Å². The van der Waals surface area contributed by atoms with Crippen LogP contribution in [-0.2, 0) is 14.6 Å². The lowest BCUT2D eigenvalue weighted by atomic mass is 10.1. The molecule has 0 N–H and O–H groups in total. The van der Waals surface area contributed by atoms with Crippen LogP contribution in [0.4, 0.5) is 0 Å². The van der Waals surface area contributed by atoms with Gasteiger partial charge in [-0.3, -0.25) is 9.69 Å². The van der Waals surface area contributed by atoms with E-state index in [1.807, 2.05) is 82.5 Å². The van der Waals surface area contributed by atoms with E-state index in [-0.39, 0.29) is 23.5 Å². The summed E-state index contributed by atoms with van der Waals surface area (Å²) in [5.41, 5.74) is 3.64. The Labute approximate surface area is 200 Å². The number of amides is 1. The molecular weight excluding hydrogens is 448 g/mol. The second-order valence-corrected chi connectivity index (χ2v) is 11.1. The number of hydrogen-bond donors (Lipinski definition) is 0. The van der Waals surface area contributed by atoms with E-state index in [1.54, 1.807) is 6.08 Å². The van der Waals surface area contributed by atoms with Crippen LogP contribution in [0.15, 0.2) is 72.9 Å². The number of carbonyl (C=O) groups excluding carboxylic acids is 1. The van der Waals surface area contributed by atoms with Gasteiger partial charge in [-0.25, -0.2) is 13.1 Å². The molecule has 0 aliphatic carbocycles. The zero-order valence-electron chi connectivity index (χ0n) is 19.0. The number of sulfone groups is 1. The van der Waals surface area contributed by atoms with Crippen molar-refractivity contribution in [3.05, 3.63) is 78.5 Å². The topological polar surface area (TPSA) is 75.5 Å². The van der Waals surface area contributed by atoms with Crippen LogP contribution in [0.3, 0.4) is 0 Å². The van der Waals surface area contributed by atoms with Gasteiger partial charge in [0, 0.05) is 55.6 Å². The third kappa shape index (κ3) is 4.98. The van der Waals surface area contributed by atoms with Crippen molar-refractivity contribution in [2.24, 2.45) is 0 Å². The molecule has 2 aliphatic heterocycles. The number of hydrogen-bond acceptors (Lipinski definition) is 5. The summed E-state index contributed by atoms with van der Waals surface area (Å²) in [6, 6.07) is 19.9. The van der Waals surface area contributed by atoms with E-state index >= 15 is 0 Å². The summed E-state index contributed by atoms with van der Waals surface area (Å²) in [6.45, 7) is 2.63. The van der Waals surface area contributed by atoms with Crippen molar-refractivity contribution < 1.29 is 13.2 Å². The van der Waals surface area contributed by atoms with Crippen LogP contribution in [0.5, 0.6) is 0 Å². The molecule has 2 fully saturated rings. The molecule has 0 saturated carbocycles. The number of rotatable bonds is 5. The van der Waals surface area contributed by atoms with Crippen molar-refractivity contribution in [3.8, 4) is 16.9 Å². The highest BCUT2D eigenvalue weighted by Gasteiger charge is 2.34. The van der Waals surface area contributed by atoms with E-state index in [0.29, 0.717) is 32.6 Å². The van der Waals surface area contributed by atoms with Gasteiger partial charge in [-0.15, -0.1) is 0 Å². The van der Waals surface area contributed by atoms with Gasteiger partial charge in [0.15, 0.2) is 9.84 Å². The van der Waals surface area contributed by atoms with Gasteiger partial charge in [-0.1, -0.05) is 48.5 Å². The Hall–Kier alpha value is -3.23. The standard InChI is InChI=1S/C26H28N4O3S/c31-25(29-16-14-28(15-17-29)24-13-18-34(32,33)20-24)12-11-22-19-30(23-9-5-2-6-10-23)27-26(22)21-7-3-1-4-8-21/h1-12,19,24H,13-18,20H2/b12-11+/t24-/m1/s1. The van der Waals surface area contributed by atoms with Gasteiger partial charge in [0.05, 0.1) is 22.9 Å². The summed E-state index contributed by atoms with van der Waals surface area (Å²) in [6.07, 6.45) is 6.10. The molecule has 0 radical (unpaired) electrons. The third-order valence-electron chi connectivity index (χ3n) is 6.57. The van der Waals surface area contributed by atoms with Crippen molar-refractivity contribution >= 4 is 21.8 Å². The van der Waals surface area contributed by atoms with E-state index in [0.717, 1.165) is 22.5 Å². The van der Waals surface area contributed by atoms with Gasteiger partial charge < -0.3 is 4.90 Å². The lowest BCUT2D eigenvalue weighted by Gasteiger charge is -2.37. The minimum Gasteiger partial charge on any atom is -0.337 e. The van der Waals surface area contributed by atoms with E-state index in [1.165, 1.54) is 0 Å². The summed E-state index contributed by atoms with van der Waals surface area (Å²) >= 11 is 0. The quantitative estimate of drug-likeness (QED) is 0.530. The number of aromatic nitrogens is 2. The average molecular weight is 477 g/mol. The van der Waals surface area contributed by atoms with E-state index in [4.69, 9.17) is 5.10 Å². The molecule has 0 bridgehead atoms. The number of nitrogens with zero attached hydrogens (tertiary/aromatic N) is 4. The first-order chi connectivity index (χ1) is 16.5. The molecule has 3 heterocycles. The summed E-state index contributed by atoms with van der Waals surface area (Å²) in [5, 5.41) is 4.79. The fourth-order valence-corrected chi connectivity index (χ4v) is 6.44. The molecule has 0 unspecified atom stereocenters. The van der Waals surface area contributed by atoms with Gasteiger partial charge in [0.1, 0.15) is 0 Å². The highest BCUT2D eigenvalue weighted by atomic mass is 32.2. The molecule has 8 heteroatoms. The molecular formula is C26H28N4O3S. The molecule has 34 heavy (non-hydrogen) atoms. The monoisotopic (exact) mass is 476 g/mol. The zero-order chi connectivity index (χ0) is 23.5. The number of piperazine rings is 1. The van der Waals surface area contributed by atoms with E-state index < -0.39 is 9.84 Å². The van der Waals surface area contributed by atoms with Crippen LogP contribution in [0.25, 0.3) is 23.0 Å². The minimum absolute atomic E-state index is 0.0369. The predicted octanol–water partition coefficient (Wildman–Crippen LogP) is 2.88. The lowest BCUT2D eigenvalue weighted by molar-refractivity contribution is -0.127. The number of carbonyl (C=O) groups is 1. The SMILES string of the molecule is O=C(/C=C/c1cn(-c2ccccc2)nc1-c1ccccc1)N1CCN([C@@H]2CCS(=O)(=O)C2)CC1. The highest BCUT2D eigenvalue weighted by molar-refractivity contribution is 7.91. The largest absolute Gasteiger partial charge is 0.337 e. The third-order valence-corrected chi connectivity index (χ3v) is 8.32. The first-order valence-corrected chi connectivity index (χ1v) is 13.4. The number of benzene rings is 2. The van der Waals surface area contributed by atoms with Gasteiger partial charge in [-0.2, -0.15) is 5.10 Å². The summed E-state index contributed by atoms with van der Waals surface area (Å²) in [5.74, 6) is 0.485. The fourth-order valence-electron chi connectivity index (χ4n) is 4.68. The Morgan fingerprint density at radius 3 is 2.26 bits per heavy atom. The van der Waals surface area contributed by atoms with Crippen molar-refractivity contribution in [1.29, 1.82) is 0 Å². The molecule has 3 aromatic rings. The fraction of sp³-hybridized carbons (Fsp3) is 0.308. The van der Waals surface area contributed by atoms with Crippen molar-refractivity contribution in [2.75, 3.05) is 37.7 Å². The van der Waals surface area contributed by atoms with Gasteiger partial charge in [0.2, 0.25) is 5.91 Å². The van der Waals surface area contributed by atoms with Gasteiger partial charge in [0.25, 0.3) is 0 Å². The molecule has 1 atom stereocenters. The average Bonchev–Trinajstić information content (AvgIpc) is 3.47. The Balaban J connectivity index is 1.30. The van der Waals surface area contributed by atoms with Crippen molar-refractivity contribution in [2.45, 2.75) is 12.5 Å². The highest BCUT2D eigenvalue weighted by Crippen LogP contribution is 2.25. The van der Waals surface area contributed by atoms with Gasteiger partial charge in [-0.05, 0) is 24.6 Å². The van der Waals surface area contributed by atoms with Crippen LogP contribution in [0.2, 0.25) is 0 Å². The maximum Gasteiger partial charge on any atom is 0.246 e. The summed E-state index contributed by atoms with van der Waals surface area (Å²) in [7, 11) is -2.90. The molecule has 1 amide bonds. The van der Waals surface area contributed by atoms with Crippen LogP contribution >= 0.6 is 0 Å². The second kappa shape index (κ2) is 9.56. The molecule has 0 spiro atoms. The molecule has 7 nitrogen and oxygen atoms in total. The van der Waals surface area contributed by atoms with Crippen LogP contribution in [0, 0.1) is 0 Å². The zero-order valence-corrected chi connectivity index (χ0v) is 19.8. The summed E-state index contributed by atoms with van der Waals surface area (Å²) in [4.78, 5) is 17.0. The first-order valence-electron chi connectivity index (χ1n) is 11.6. The Morgan fingerprint density at radius 1 is 0.941 bits per heavy atom. The van der Waals surface area contributed by atoms with Crippen molar-refractivity contribution in [1.82, 2.24) is 19.6 Å². The van der Waals surface area contributed by atoms with Crippen LogP contribution < -0.4 is 0 Å². The molecule has 176 valence electrons. The number of para-hydroxylation sites is 1. The van der Waals surface area contributed by atoms with Crippen LogP contribution in [-0.4, -0.2) is 77.6 Å². The Morgan fingerprint density at radius 2 is 1.62 bits per heavy atom. The Bertz CT molecular complexity index is 1280. The van der Waals surface area contributed by atoms with Crippen molar-refractivity contribution in [3.63, 3.8) is 0 Å². The Kier molecular flexibility index (Phi) is 6.34. The molecule has 1 aromatic heterocycles. The lowest BCUT2D eigenvalue weighted by Crippen LogP contribution is -2.52. The smallest absolute Gasteiger partial charge is 0.246 e. The molecule has 5 rings (SSSR count). The van der Waals surface area contributed by atoms with E-state index in [9.17, 15) is 13.2 Å². The van der Waals surface area contributed by atoms with E-state index in [2.05, 4.69) is 4.90 Å². The molecule has 2 saturated heterocycles. The normalized spacial score (nSPS) is 20.7. The summed E-state index contributed by atoms with van der Waals surface area (Å²) < 4.78 is 25.4. The minimum atomic E-state index is -2.90. The molecule has 2 aromatic carbocycles. The predicted molar refractivity (Wildman–Crippen MR) is 133 cm³/mol. The maximum atomic E-state index is 12.9. The molecule has 2 aliphatic rings. The van der Waals surface area contributed by atoms with Gasteiger partial charge >= 0.3 is 0 Å². The maximum absolute atomic E-state index is 12.9. The first kappa shape index (κ1) is 22.6. The second-order valence-electron chi connectivity index (χ2n) is 8.83.